The minimum atomic E-state index is 0.377. The highest BCUT2D eigenvalue weighted by Gasteiger charge is 2.18. The molecule has 0 bridgehead atoms. The predicted octanol–water partition coefficient (Wildman–Crippen LogP) is 1.99. The number of aryl methyl sites for hydroxylation is 2. The van der Waals surface area contributed by atoms with Gasteiger partial charge in [0.25, 0.3) is 11.7 Å². The summed E-state index contributed by atoms with van der Waals surface area (Å²) < 4.78 is 7.11. The van der Waals surface area contributed by atoms with Crippen molar-refractivity contribution < 1.29 is 4.52 Å². The lowest BCUT2D eigenvalue weighted by molar-refractivity contribution is 0.415. The molecule has 3 aromatic heterocycles. The van der Waals surface area contributed by atoms with Gasteiger partial charge in [-0.2, -0.15) is 4.98 Å². The zero-order chi connectivity index (χ0) is 14.3. The molecule has 0 unspecified atom stereocenters. The van der Waals surface area contributed by atoms with E-state index in [1.807, 2.05) is 24.3 Å². The Balaban J connectivity index is 2.08. The lowest BCUT2D eigenvalue weighted by Crippen LogP contribution is -1.99. The number of rotatable bonds is 3. The van der Waals surface area contributed by atoms with Crippen LogP contribution in [-0.4, -0.2) is 29.7 Å². The average molecular weight is 272 g/mol. The third kappa shape index (κ3) is 2.15. The second-order valence-electron chi connectivity index (χ2n) is 5.31. The average Bonchev–Trinajstić information content (AvgIpc) is 2.94. The van der Waals surface area contributed by atoms with Crippen LogP contribution in [0.4, 0.5) is 0 Å². The summed E-state index contributed by atoms with van der Waals surface area (Å²) in [4.78, 5) is 8.71. The van der Waals surface area contributed by atoms with E-state index in [1.54, 1.807) is 0 Å². The molecule has 0 atom stereocenters. The fourth-order valence-corrected chi connectivity index (χ4v) is 2.16. The lowest BCUT2D eigenvalue weighted by Gasteiger charge is -2.01. The fourth-order valence-electron chi connectivity index (χ4n) is 2.16. The Bertz CT molecular complexity index is 757. The smallest absolute Gasteiger partial charge is 0.296 e. The molecule has 0 aromatic carbocycles. The molecule has 7 heteroatoms. The van der Waals surface area contributed by atoms with Gasteiger partial charge in [-0.15, -0.1) is 10.2 Å². The molecule has 3 heterocycles. The van der Waals surface area contributed by atoms with Gasteiger partial charge in [0.2, 0.25) is 5.82 Å². The van der Waals surface area contributed by atoms with Gasteiger partial charge in [0.05, 0.1) is 0 Å². The largest absolute Gasteiger partial charge is 0.330 e. The first kappa shape index (κ1) is 12.7. The number of aromatic nitrogens is 6. The number of fused-ring (bicyclic) bond motifs is 1. The zero-order valence-electron chi connectivity index (χ0n) is 12.0. The molecule has 3 rings (SSSR count). The summed E-state index contributed by atoms with van der Waals surface area (Å²) in [6.07, 6.45) is 0.774. The van der Waals surface area contributed by atoms with Gasteiger partial charge < -0.3 is 4.52 Å². The number of hydrogen-bond acceptors (Lipinski definition) is 6. The molecule has 0 amide bonds. The molecule has 0 aliphatic carbocycles. The molecule has 0 aliphatic rings. The summed E-state index contributed by atoms with van der Waals surface area (Å²) in [5.74, 6) is 2.61. The van der Waals surface area contributed by atoms with Crippen molar-refractivity contribution in [1.29, 1.82) is 0 Å². The Hall–Kier alpha value is -2.31. The van der Waals surface area contributed by atoms with E-state index in [0.717, 1.165) is 17.8 Å². The summed E-state index contributed by atoms with van der Waals surface area (Å²) in [5, 5.41) is 12.2. The van der Waals surface area contributed by atoms with Crippen molar-refractivity contribution in [3.05, 3.63) is 23.3 Å². The topological polar surface area (TPSA) is 82.0 Å². The van der Waals surface area contributed by atoms with Crippen LogP contribution in [0.25, 0.3) is 17.5 Å². The van der Waals surface area contributed by atoms with Gasteiger partial charge >= 0.3 is 0 Å². The van der Waals surface area contributed by atoms with Crippen molar-refractivity contribution in [3.63, 3.8) is 0 Å². The van der Waals surface area contributed by atoms with Crippen LogP contribution in [0.1, 0.15) is 31.1 Å². The highest BCUT2D eigenvalue weighted by Crippen LogP contribution is 2.18. The molecule has 0 aliphatic heterocycles. The van der Waals surface area contributed by atoms with Gasteiger partial charge in [0.1, 0.15) is 0 Å². The molecule has 3 aromatic rings. The molecule has 0 saturated heterocycles. The molecular weight excluding hydrogens is 256 g/mol. The Labute approximate surface area is 116 Å². The molecule has 0 fully saturated rings. The summed E-state index contributed by atoms with van der Waals surface area (Å²) in [6.45, 7) is 8.12. The van der Waals surface area contributed by atoms with Crippen LogP contribution in [-0.2, 0) is 6.42 Å². The van der Waals surface area contributed by atoms with E-state index in [-0.39, 0.29) is 0 Å². The second kappa shape index (κ2) is 4.66. The SMILES string of the molecule is Cc1cc(C)n2c(-c3nc(CC(C)C)no3)nnc2n1. The first-order chi connectivity index (χ1) is 9.54. The highest BCUT2D eigenvalue weighted by molar-refractivity contribution is 5.48. The van der Waals surface area contributed by atoms with Crippen molar-refractivity contribution in [2.45, 2.75) is 34.1 Å². The maximum atomic E-state index is 5.29. The minimum absolute atomic E-state index is 0.377. The standard InChI is InChI=1S/C13H16N6O/c1-7(2)5-10-15-12(20-18-10)11-16-17-13-14-8(3)6-9(4)19(11)13/h6-7H,5H2,1-4H3. The Morgan fingerprint density at radius 3 is 2.75 bits per heavy atom. The van der Waals surface area contributed by atoms with Crippen molar-refractivity contribution >= 4 is 5.78 Å². The quantitative estimate of drug-likeness (QED) is 0.725. The first-order valence-corrected chi connectivity index (χ1v) is 6.57. The van der Waals surface area contributed by atoms with Crippen molar-refractivity contribution in [2.24, 2.45) is 5.92 Å². The van der Waals surface area contributed by atoms with Crippen LogP contribution in [0, 0.1) is 19.8 Å². The van der Waals surface area contributed by atoms with E-state index in [0.29, 0.717) is 29.2 Å². The Kier molecular flexibility index (Phi) is 2.96. The van der Waals surface area contributed by atoms with Crippen LogP contribution in [0.3, 0.4) is 0 Å². The van der Waals surface area contributed by atoms with Gasteiger partial charge in [0.15, 0.2) is 5.82 Å². The maximum absolute atomic E-state index is 5.29. The third-order valence-electron chi connectivity index (χ3n) is 2.94. The van der Waals surface area contributed by atoms with Gasteiger partial charge in [-0.3, -0.25) is 4.40 Å². The van der Waals surface area contributed by atoms with Crippen molar-refractivity contribution in [2.75, 3.05) is 0 Å². The molecular formula is C13H16N6O. The lowest BCUT2D eigenvalue weighted by atomic mass is 10.1. The molecule has 0 saturated carbocycles. The van der Waals surface area contributed by atoms with Crippen LogP contribution in [0.2, 0.25) is 0 Å². The van der Waals surface area contributed by atoms with Gasteiger partial charge in [-0.1, -0.05) is 19.0 Å². The van der Waals surface area contributed by atoms with E-state index in [2.05, 4.69) is 39.2 Å². The first-order valence-electron chi connectivity index (χ1n) is 6.57. The van der Waals surface area contributed by atoms with Crippen molar-refractivity contribution in [3.8, 4) is 11.7 Å². The zero-order valence-corrected chi connectivity index (χ0v) is 12.0. The molecule has 0 N–H and O–H groups in total. The van der Waals surface area contributed by atoms with E-state index < -0.39 is 0 Å². The molecule has 0 radical (unpaired) electrons. The summed E-state index contributed by atoms with van der Waals surface area (Å²) in [5.41, 5.74) is 1.89. The Morgan fingerprint density at radius 1 is 1.20 bits per heavy atom. The summed E-state index contributed by atoms with van der Waals surface area (Å²) >= 11 is 0. The Morgan fingerprint density at radius 2 is 2.00 bits per heavy atom. The van der Waals surface area contributed by atoms with E-state index in [4.69, 9.17) is 4.52 Å². The van der Waals surface area contributed by atoms with Crippen molar-refractivity contribution in [1.82, 2.24) is 29.7 Å². The van der Waals surface area contributed by atoms with Gasteiger partial charge in [0, 0.05) is 17.8 Å². The summed E-state index contributed by atoms with van der Waals surface area (Å²) in [7, 11) is 0. The van der Waals surface area contributed by atoms with Crippen LogP contribution >= 0.6 is 0 Å². The fraction of sp³-hybridized carbons (Fsp3) is 0.462. The third-order valence-corrected chi connectivity index (χ3v) is 2.94. The molecule has 20 heavy (non-hydrogen) atoms. The molecule has 7 nitrogen and oxygen atoms in total. The minimum Gasteiger partial charge on any atom is -0.330 e. The normalized spacial score (nSPS) is 11.7. The van der Waals surface area contributed by atoms with Crippen LogP contribution < -0.4 is 0 Å². The molecule has 104 valence electrons. The van der Waals surface area contributed by atoms with E-state index >= 15 is 0 Å². The maximum Gasteiger partial charge on any atom is 0.296 e. The number of hydrogen-bond donors (Lipinski definition) is 0. The predicted molar refractivity (Wildman–Crippen MR) is 72.1 cm³/mol. The summed E-state index contributed by atoms with van der Waals surface area (Å²) in [6, 6.07) is 1.96. The van der Waals surface area contributed by atoms with Gasteiger partial charge in [-0.25, -0.2) is 4.98 Å². The van der Waals surface area contributed by atoms with E-state index in [1.165, 1.54) is 0 Å². The second-order valence-corrected chi connectivity index (χ2v) is 5.31. The highest BCUT2D eigenvalue weighted by atomic mass is 16.5. The molecule has 0 spiro atoms. The monoisotopic (exact) mass is 272 g/mol. The number of nitrogens with zero attached hydrogens (tertiary/aromatic N) is 6. The van der Waals surface area contributed by atoms with Gasteiger partial charge in [-0.05, 0) is 25.8 Å². The van der Waals surface area contributed by atoms with E-state index in [9.17, 15) is 0 Å². The van der Waals surface area contributed by atoms with Crippen LogP contribution in [0.15, 0.2) is 10.6 Å². The van der Waals surface area contributed by atoms with Crippen LogP contribution in [0.5, 0.6) is 0 Å².